The zero-order chi connectivity index (χ0) is 14.7. The second-order valence-corrected chi connectivity index (χ2v) is 3.96. The summed E-state index contributed by atoms with van der Waals surface area (Å²) in [4.78, 5) is 21.7. The van der Waals surface area contributed by atoms with Crippen LogP contribution in [0.4, 0.5) is 5.69 Å². The van der Waals surface area contributed by atoms with Crippen molar-refractivity contribution in [2.45, 2.75) is 0 Å². The Morgan fingerprint density at radius 1 is 0.900 bits per heavy atom. The lowest BCUT2D eigenvalue weighted by molar-refractivity contribution is -0.259. The van der Waals surface area contributed by atoms with Gasteiger partial charge in [-0.3, -0.25) is 0 Å². The molecule has 0 heterocycles. The highest BCUT2D eigenvalue weighted by Crippen LogP contribution is 2.25. The molecule has 0 saturated carbocycles. The fourth-order valence-corrected chi connectivity index (χ4v) is 1.65. The van der Waals surface area contributed by atoms with E-state index in [1.807, 2.05) is 0 Å². The first-order chi connectivity index (χ1) is 9.47. The Balaban J connectivity index is 2.36. The van der Waals surface area contributed by atoms with Crippen LogP contribution >= 0.6 is 0 Å². The first-order valence-corrected chi connectivity index (χ1v) is 5.57. The molecule has 0 radical (unpaired) electrons. The van der Waals surface area contributed by atoms with Gasteiger partial charge in [0.05, 0.1) is 11.9 Å². The number of carboxylic acids is 2. The lowest BCUT2D eigenvalue weighted by atomic mass is 10.1. The fraction of sp³-hybridized carbons (Fsp3) is 0. The predicted molar refractivity (Wildman–Crippen MR) is 66.0 cm³/mol. The third-order valence-corrected chi connectivity index (χ3v) is 2.52. The van der Waals surface area contributed by atoms with Gasteiger partial charge in [0.25, 0.3) is 0 Å². The maximum Gasteiger partial charge on any atom is 0.129 e. The van der Waals surface area contributed by atoms with Gasteiger partial charge in [-0.05, 0) is 30.3 Å². The third-order valence-electron chi connectivity index (χ3n) is 2.52. The second kappa shape index (κ2) is 5.31. The summed E-state index contributed by atoms with van der Waals surface area (Å²) in [6.07, 6.45) is 0. The average Bonchev–Trinajstić information content (AvgIpc) is 2.38. The van der Waals surface area contributed by atoms with E-state index in [9.17, 15) is 19.8 Å². The summed E-state index contributed by atoms with van der Waals surface area (Å²) in [6, 6.07) is 9.97. The number of ether oxygens (including phenoxy) is 1. The van der Waals surface area contributed by atoms with Gasteiger partial charge in [-0.25, -0.2) is 0 Å². The van der Waals surface area contributed by atoms with Crippen LogP contribution in [0.3, 0.4) is 0 Å². The van der Waals surface area contributed by atoms with Crippen LogP contribution in [0.5, 0.6) is 11.5 Å². The van der Waals surface area contributed by atoms with Crippen molar-refractivity contribution < 1.29 is 24.5 Å². The summed E-state index contributed by atoms with van der Waals surface area (Å²) < 4.78 is 5.40. The average molecular weight is 271 g/mol. The van der Waals surface area contributed by atoms with Gasteiger partial charge in [-0.1, -0.05) is 6.07 Å². The Labute approximate surface area is 114 Å². The zero-order valence-corrected chi connectivity index (χ0v) is 10.2. The van der Waals surface area contributed by atoms with E-state index in [1.54, 1.807) is 24.3 Å². The van der Waals surface area contributed by atoms with Crippen LogP contribution in [0.25, 0.3) is 0 Å². The third kappa shape index (κ3) is 2.86. The van der Waals surface area contributed by atoms with E-state index in [2.05, 4.69) is 0 Å². The van der Waals surface area contributed by atoms with E-state index in [0.717, 1.165) is 12.1 Å². The van der Waals surface area contributed by atoms with Gasteiger partial charge >= 0.3 is 0 Å². The molecule has 0 spiro atoms. The zero-order valence-electron chi connectivity index (χ0n) is 10.2. The Hall–Kier alpha value is -3.02. The summed E-state index contributed by atoms with van der Waals surface area (Å²) in [5.74, 6) is -2.67. The Morgan fingerprint density at radius 2 is 1.55 bits per heavy atom. The van der Waals surface area contributed by atoms with E-state index in [0.29, 0.717) is 11.4 Å². The second-order valence-electron chi connectivity index (χ2n) is 3.96. The summed E-state index contributed by atoms with van der Waals surface area (Å²) in [5, 5.41) is 21.7. The number of carbonyl (C=O) groups excluding carboxylic acids is 2. The highest BCUT2D eigenvalue weighted by atomic mass is 16.5. The number of nitrogen functional groups attached to an aromatic ring is 1. The largest absolute Gasteiger partial charge is 0.545 e. The highest BCUT2D eigenvalue weighted by molar-refractivity contribution is 6.00. The van der Waals surface area contributed by atoms with Crippen LogP contribution in [0, 0.1) is 0 Å². The van der Waals surface area contributed by atoms with Crippen molar-refractivity contribution in [3.05, 3.63) is 53.6 Å². The molecule has 0 aliphatic heterocycles. The Bertz CT molecular complexity index is 681. The summed E-state index contributed by atoms with van der Waals surface area (Å²) in [7, 11) is 0. The molecule has 0 aromatic heterocycles. The van der Waals surface area contributed by atoms with Gasteiger partial charge in [0.2, 0.25) is 0 Å². The van der Waals surface area contributed by atoms with Gasteiger partial charge in [-0.15, -0.1) is 0 Å². The van der Waals surface area contributed by atoms with Crippen molar-refractivity contribution in [2.24, 2.45) is 0 Å². The van der Waals surface area contributed by atoms with E-state index in [-0.39, 0.29) is 5.75 Å². The number of carbonyl (C=O) groups is 2. The van der Waals surface area contributed by atoms with Gasteiger partial charge < -0.3 is 30.3 Å². The molecule has 0 aliphatic rings. The van der Waals surface area contributed by atoms with Crippen molar-refractivity contribution in [1.29, 1.82) is 0 Å². The minimum atomic E-state index is -1.62. The minimum Gasteiger partial charge on any atom is -0.545 e. The number of rotatable bonds is 4. The molecule has 0 fully saturated rings. The van der Waals surface area contributed by atoms with Crippen LogP contribution in [-0.2, 0) is 0 Å². The molecule has 102 valence electrons. The van der Waals surface area contributed by atoms with Crippen LogP contribution in [0.2, 0.25) is 0 Å². The van der Waals surface area contributed by atoms with Gasteiger partial charge in [-0.2, -0.15) is 0 Å². The van der Waals surface area contributed by atoms with E-state index >= 15 is 0 Å². The summed E-state index contributed by atoms with van der Waals surface area (Å²) in [6.45, 7) is 0. The molecule has 20 heavy (non-hydrogen) atoms. The fourth-order valence-electron chi connectivity index (χ4n) is 1.65. The molecule has 0 unspecified atom stereocenters. The van der Waals surface area contributed by atoms with Crippen molar-refractivity contribution in [1.82, 2.24) is 0 Å². The maximum atomic E-state index is 10.9. The smallest absolute Gasteiger partial charge is 0.129 e. The molecule has 6 heteroatoms. The molecular weight excluding hydrogens is 262 g/mol. The SMILES string of the molecule is Nc1cccc(Oc2ccc(C(=O)[O-])c(C(=O)[O-])c2)c1. The number of aromatic carboxylic acids is 2. The van der Waals surface area contributed by atoms with Gasteiger partial charge in [0.15, 0.2) is 0 Å². The summed E-state index contributed by atoms with van der Waals surface area (Å²) >= 11 is 0. The molecule has 0 bridgehead atoms. The van der Waals surface area contributed by atoms with E-state index < -0.39 is 23.1 Å². The van der Waals surface area contributed by atoms with Gasteiger partial charge in [0, 0.05) is 22.9 Å². The molecule has 0 amide bonds. The quantitative estimate of drug-likeness (QED) is 0.769. The number of anilines is 1. The molecule has 2 aromatic carbocycles. The molecule has 2 N–H and O–H groups in total. The Morgan fingerprint density at radius 3 is 2.15 bits per heavy atom. The number of nitrogens with two attached hydrogens (primary N) is 1. The molecule has 2 rings (SSSR count). The van der Waals surface area contributed by atoms with Crippen molar-refractivity contribution in [3.63, 3.8) is 0 Å². The van der Waals surface area contributed by atoms with Gasteiger partial charge in [0.1, 0.15) is 11.5 Å². The van der Waals surface area contributed by atoms with Crippen LogP contribution in [0.1, 0.15) is 20.7 Å². The van der Waals surface area contributed by atoms with Crippen molar-refractivity contribution >= 4 is 17.6 Å². The van der Waals surface area contributed by atoms with Crippen molar-refractivity contribution in [3.8, 4) is 11.5 Å². The Kier molecular flexibility index (Phi) is 3.56. The molecule has 0 saturated heterocycles. The predicted octanol–water partition coefficient (Wildman–Crippen LogP) is -0.212. The normalized spacial score (nSPS) is 10.0. The van der Waals surface area contributed by atoms with Crippen LogP contribution in [0.15, 0.2) is 42.5 Å². The number of carboxylic acid groups (broad SMARTS) is 2. The first kappa shape index (κ1) is 13.4. The first-order valence-electron chi connectivity index (χ1n) is 5.57. The number of hydrogen-bond acceptors (Lipinski definition) is 6. The number of benzene rings is 2. The lowest BCUT2D eigenvalue weighted by Gasteiger charge is -2.13. The lowest BCUT2D eigenvalue weighted by Crippen LogP contribution is -2.30. The molecule has 0 atom stereocenters. The topological polar surface area (TPSA) is 116 Å². The summed E-state index contributed by atoms with van der Waals surface area (Å²) in [5.41, 5.74) is 5.09. The minimum absolute atomic E-state index is 0.153. The van der Waals surface area contributed by atoms with E-state index in [1.165, 1.54) is 6.07 Å². The van der Waals surface area contributed by atoms with Crippen LogP contribution in [-0.4, -0.2) is 11.9 Å². The monoisotopic (exact) mass is 271 g/mol. The van der Waals surface area contributed by atoms with E-state index in [4.69, 9.17) is 10.5 Å². The molecule has 2 aromatic rings. The standard InChI is InChI=1S/C14H11NO5/c15-8-2-1-3-9(6-8)20-10-4-5-11(13(16)17)12(7-10)14(18)19/h1-7H,15H2,(H,16,17)(H,18,19)/p-2. The highest BCUT2D eigenvalue weighted by Gasteiger charge is 2.07. The molecular formula is C14H9NO5-2. The van der Waals surface area contributed by atoms with Crippen LogP contribution < -0.4 is 20.7 Å². The number of hydrogen-bond donors (Lipinski definition) is 1. The molecule has 6 nitrogen and oxygen atoms in total. The maximum absolute atomic E-state index is 10.9. The van der Waals surface area contributed by atoms with Crippen molar-refractivity contribution in [2.75, 3.05) is 5.73 Å². The molecule has 0 aliphatic carbocycles.